The Hall–Kier alpha value is -2.88. The Kier molecular flexibility index (Phi) is 2.66. The number of carbonyl (C=O) groups excluding carboxylic acids is 1. The number of benzene rings is 2. The molecule has 0 radical (unpaired) electrons. The zero-order valence-corrected chi connectivity index (χ0v) is 12.4. The lowest BCUT2D eigenvalue weighted by molar-refractivity contribution is 0.100. The van der Waals surface area contributed by atoms with E-state index in [2.05, 4.69) is 33.8 Å². The van der Waals surface area contributed by atoms with Crippen molar-refractivity contribution in [1.29, 1.82) is 0 Å². The summed E-state index contributed by atoms with van der Waals surface area (Å²) in [5.41, 5.74) is 2.19. The smallest absolute Gasteiger partial charge is 0.195 e. The van der Waals surface area contributed by atoms with E-state index in [-0.39, 0.29) is 5.78 Å². The fraction of sp³-hybridized carbons (Fsp3) is 0.111. The van der Waals surface area contributed by atoms with Gasteiger partial charge in [-0.25, -0.2) is 4.98 Å². The Morgan fingerprint density at radius 1 is 0.955 bits per heavy atom. The Bertz CT molecular complexity index is 970. The number of fused-ring (bicyclic) bond motifs is 3. The fourth-order valence-corrected chi connectivity index (χ4v) is 3.05. The molecule has 0 amide bonds. The zero-order chi connectivity index (χ0) is 15.3. The minimum atomic E-state index is -0.0329. The maximum atomic E-state index is 11.7. The van der Waals surface area contributed by atoms with Crippen molar-refractivity contribution in [3.63, 3.8) is 0 Å². The first-order valence-electron chi connectivity index (χ1n) is 7.19. The van der Waals surface area contributed by atoms with Gasteiger partial charge in [0.25, 0.3) is 0 Å². The second-order valence-corrected chi connectivity index (χ2v) is 5.46. The predicted octanol–water partition coefficient (Wildman–Crippen LogP) is 3.72. The number of ketones is 1. The summed E-state index contributed by atoms with van der Waals surface area (Å²) in [5.74, 6) is 1.21. The topological polar surface area (TPSA) is 39.8 Å². The van der Waals surface area contributed by atoms with Crippen LogP contribution in [-0.4, -0.2) is 19.9 Å². The van der Waals surface area contributed by atoms with Crippen molar-refractivity contribution in [2.24, 2.45) is 7.05 Å². The molecule has 2 heterocycles. The van der Waals surface area contributed by atoms with Crippen LogP contribution in [-0.2, 0) is 7.05 Å². The molecule has 0 saturated carbocycles. The van der Waals surface area contributed by atoms with Gasteiger partial charge in [-0.1, -0.05) is 36.4 Å². The molecule has 22 heavy (non-hydrogen) atoms. The van der Waals surface area contributed by atoms with Gasteiger partial charge in [-0.15, -0.1) is 0 Å². The van der Waals surface area contributed by atoms with E-state index in [1.165, 1.54) is 17.7 Å². The van der Waals surface area contributed by atoms with Gasteiger partial charge in [0, 0.05) is 30.9 Å². The monoisotopic (exact) mass is 289 g/mol. The number of para-hydroxylation sites is 2. The van der Waals surface area contributed by atoms with Crippen molar-refractivity contribution in [3.05, 3.63) is 60.6 Å². The molecule has 0 saturated heterocycles. The highest BCUT2D eigenvalue weighted by Crippen LogP contribution is 2.31. The Morgan fingerprint density at radius 3 is 2.00 bits per heavy atom. The van der Waals surface area contributed by atoms with E-state index in [9.17, 15) is 4.79 Å². The van der Waals surface area contributed by atoms with E-state index in [0.29, 0.717) is 5.82 Å². The summed E-state index contributed by atoms with van der Waals surface area (Å²) in [5, 5.41) is 2.38. The van der Waals surface area contributed by atoms with Crippen LogP contribution in [0.2, 0.25) is 0 Å². The Morgan fingerprint density at radius 2 is 1.50 bits per heavy atom. The molecule has 108 valence electrons. The summed E-state index contributed by atoms with van der Waals surface area (Å²) in [6.07, 6.45) is 1.90. The third-order valence-electron chi connectivity index (χ3n) is 3.99. The number of aromatic nitrogens is 3. The summed E-state index contributed by atoms with van der Waals surface area (Å²) in [6.45, 7) is 1.54. The van der Waals surface area contributed by atoms with E-state index in [1.807, 2.05) is 37.5 Å². The minimum Gasteiger partial charge on any atom is -0.329 e. The third-order valence-corrected chi connectivity index (χ3v) is 3.99. The molecule has 2 aromatic carbocycles. The molecule has 0 N–H and O–H groups in total. The van der Waals surface area contributed by atoms with Gasteiger partial charge in [-0.05, 0) is 12.1 Å². The van der Waals surface area contributed by atoms with Gasteiger partial charge in [0.2, 0.25) is 0 Å². The van der Waals surface area contributed by atoms with Crippen LogP contribution in [0.1, 0.15) is 17.5 Å². The lowest BCUT2D eigenvalue weighted by Crippen LogP contribution is -2.02. The first-order chi connectivity index (χ1) is 10.7. The van der Waals surface area contributed by atoms with Gasteiger partial charge < -0.3 is 4.57 Å². The molecule has 0 aliphatic carbocycles. The molecule has 0 atom stereocenters. The highest BCUT2D eigenvalue weighted by molar-refractivity contribution is 6.09. The van der Waals surface area contributed by atoms with Crippen LogP contribution in [0.5, 0.6) is 0 Å². The quantitative estimate of drug-likeness (QED) is 0.528. The molecular weight excluding hydrogens is 274 g/mol. The van der Waals surface area contributed by atoms with Gasteiger partial charge in [-0.3, -0.25) is 9.36 Å². The Balaban J connectivity index is 2.13. The molecule has 0 spiro atoms. The van der Waals surface area contributed by atoms with E-state index >= 15 is 0 Å². The predicted molar refractivity (Wildman–Crippen MR) is 87.6 cm³/mol. The van der Waals surface area contributed by atoms with E-state index in [0.717, 1.165) is 16.9 Å². The molecular formula is C18H15N3O. The van der Waals surface area contributed by atoms with Gasteiger partial charge >= 0.3 is 0 Å². The van der Waals surface area contributed by atoms with E-state index in [4.69, 9.17) is 0 Å². The van der Waals surface area contributed by atoms with Crippen molar-refractivity contribution >= 4 is 27.6 Å². The van der Waals surface area contributed by atoms with Crippen molar-refractivity contribution in [2.45, 2.75) is 6.92 Å². The molecule has 0 aliphatic rings. The molecule has 0 aliphatic heterocycles. The zero-order valence-electron chi connectivity index (χ0n) is 12.4. The van der Waals surface area contributed by atoms with Crippen molar-refractivity contribution in [1.82, 2.24) is 14.1 Å². The summed E-state index contributed by atoms with van der Waals surface area (Å²) in [6, 6.07) is 16.5. The number of Topliss-reactive ketones (excluding diaryl/α,β-unsaturated/α-hetero) is 1. The van der Waals surface area contributed by atoms with E-state index in [1.54, 1.807) is 4.57 Å². The minimum absolute atomic E-state index is 0.0329. The normalized spacial score (nSPS) is 11.4. The number of imidazole rings is 1. The molecule has 4 heteroatoms. The van der Waals surface area contributed by atoms with Crippen LogP contribution >= 0.6 is 0 Å². The second kappa shape index (κ2) is 4.56. The number of rotatable bonds is 2. The number of hydrogen-bond acceptors (Lipinski definition) is 2. The Labute approximate surface area is 127 Å². The van der Waals surface area contributed by atoms with Crippen LogP contribution < -0.4 is 0 Å². The van der Waals surface area contributed by atoms with Crippen LogP contribution in [0.4, 0.5) is 0 Å². The molecule has 0 fully saturated rings. The van der Waals surface area contributed by atoms with Gasteiger partial charge in [0.1, 0.15) is 0 Å². The third kappa shape index (κ3) is 1.70. The van der Waals surface area contributed by atoms with Crippen molar-refractivity contribution in [2.75, 3.05) is 0 Å². The number of nitrogens with zero attached hydrogens (tertiary/aromatic N) is 3. The lowest BCUT2D eigenvalue weighted by Gasteiger charge is -2.02. The standard InChI is InChI=1S/C18H15N3O/c1-12(22)18-19-17(11-20(18)2)21-15-9-5-3-7-13(15)14-8-4-6-10-16(14)21/h3-11H,1-2H3. The lowest BCUT2D eigenvalue weighted by atomic mass is 10.2. The first-order valence-corrected chi connectivity index (χ1v) is 7.19. The summed E-state index contributed by atoms with van der Waals surface area (Å²) < 4.78 is 3.89. The highest BCUT2D eigenvalue weighted by Gasteiger charge is 2.16. The summed E-state index contributed by atoms with van der Waals surface area (Å²) in [7, 11) is 1.85. The largest absolute Gasteiger partial charge is 0.329 e. The molecule has 4 rings (SSSR count). The van der Waals surface area contributed by atoms with Crippen LogP contribution in [0.15, 0.2) is 54.7 Å². The SMILES string of the molecule is CC(=O)c1nc(-n2c3ccccc3c3ccccc32)cn1C. The van der Waals surface area contributed by atoms with Crippen molar-refractivity contribution in [3.8, 4) is 5.82 Å². The second-order valence-electron chi connectivity index (χ2n) is 5.46. The van der Waals surface area contributed by atoms with Gasteiger partial charge in [-0.2, -0.15) is 0 Å². The van der Waals surface area contributed by atoms with Crippen LogP contribution in [0.25, 0.3) is 27.6 Å². The molecule has 4 aromatic rings. The number of aryl methyl sites for hydroxylation is 1. The molecule has 0 bridgehead atoms. The maximum absolute atomic E-state index is 11.7. The van der Waals surface area contributed by atoms with Gasteiger partial charge in [0.15, 0.2) is 17.4 Å². The molecule has 4 nitrogen and oxygen atoms in total. The summed E-state index contributed by atoms with van der Waals surface area (Å²) >= 11 is 0. The average Bonchev–Trinajstić information content (AvgIpc) is 3.05. The first kappa shape index (κ1) is 12.8. The highest BCUT2D eigenvalue weighted by atomic mass is 16.1. The number of hydrogen-bond donors (Lipinski definition) is 0. The molecule has 0 unspecified atom stereocenters. The van der Waals surface area contributed by atoms with E-state index < -0.39 is 0 Å². The van der Waals surface area contributed by atoms with Gasteiger partial charge in [0.05, 0.1) is 11.0 Å². The van der Waals surface area contributed by atoms with Crippen LogP contribution in [0.3, 0.4) is 0 Å². The number of carbonyl (C=O) groups is 1. The summed E-state index contributed by atoms with van der Waals surface area (Å²) in [4.78, 5) is 16.2. The van der Waals surface area contributed by atoms with Crippen LogP contribution in [0, 0.1) is 0 Å². The maximum Gasteiger partial charge on any atom is 0.195 e. The average molecular weight is 289 g/mol. The van der Waals surface area contributed by atoms with Crippen molar-refractivity contribution < 1.29 is 4.79 Å². The molecule has 2 aromatic heterocycles. The fourth-order valence-electron chi connectivity index (χ4n) is 3.05.